The minimum absolute atomic E-state index is 0.00987. The second-order valence-electron chi connectivity index (χ2n) is 7.35. The van der Waals surface area contributed by atoms with Crippen LogP contribution < -0.4 is 0 Å². The van der Waals surface area contributed by atoms with E-state index in [0.717, 1.165) is 15.1 Å². The Balaban J connectivity index is 1.54. The normalized spacial score (nSPS) is 14.5. The molecule has 1 aliphatic heterocycles. The highest BCUT2D eigenvalue weighted by atomic mass is 32.1. The van der Waals surface area contributed by atoms with Crippen LogP contribution in [0.3, 0.4) is 0 Å². The number of carbonyl (C=O) groups excluding carboxylic acids is 3. The Bertz CT molecular complexity index is 1040. The Morgan fingerprint density at radius 2 is 1.66 bits per heavy atom. The minimum Gasteiger partial charge on any atom is -0.457 e. The van der Waals surface area contributed by atoms with Gasteiger partial charge in [0.25, 0.3) is 11.8 Å². The van der Waals surface area contributed by atoms with Crippen LogP contribution in [0.25, 0.3) is 10.2 Å². The molecule has 1 aromatic heterocycles. The van der Waals surface area contributed by atoms with Gasteiger partial charge in [-0.05, 0) is 36.6 Å². The van der Waals surface area contributed by atoms with E-state index >= 15 is 0 Å². The predicted molar refractivity (Wildman–Crippen MR) is 110 cm³/mol. The van der Waals surface area contributed by atoms with Crippen molar-refractivity contribution in [3.63, 3.8) is 0 Å². The summed E-state index contributed by atoms with van der Waals surface area (Å²) in [6.07, 6.45) is 0.337. The van der Waals surface area contributed by atoms with Crippen LogP contribution in [0.15, 0.2) is 48.5 Å². The molecule has 2 aromatic carbocycles. The molecule has 0 aliphatic carbocycles. The summed E-state index contributed by atoms with van der Waals surface area (Å²) in [6.45, 7) is 3.88. The van der Waals surface area contributed by atoms with Crippen LogP contribution in [0.1, 0.15) is 46.0 Å². The number of ether oxygens (including phenoxy) is 1. The van der Waals surface area contributed by atoms with Gasteiger partial charge in [0.2, 0.25) is 0 Å². The molecule has 0 bridgehead atoms. The highest BCUT2D eigenvalue weighted by Gasteiger charge is 2.43. The lowest BCUT2D eigenvalue weighted by atomic mass is 10.0. The van der Waals surface area contributed by atoms with Gasteiger partial charge in [-0.3, -0.25) is 14.5 Å². The number of carbonyl (C=O) groups is 3. The Kier molecular flexibility index (Phi) is 5.15. The maximum atomic E-state index is 12.9. The number of para-hydroxylation sites is 1. The van der Waals surface area contributed by atoms with Gasteiger partial charge < -0.3 is 4.74 Å². The SMILES string of the molecule is CC(C)CC(C(=O)OCc1nc2ccccc2s1)N1C(=O)c2ccccc2C1=O. The number of benzene rings is 2. The fourth-order valence-corrected chi connectivity index (χ4v) is 4.34. The van der Waals surface area contributed by atoms with Gasteiger partial charge >= 0.3 is 5.97 Å². The van der Waals surface area contributed by atoms with Crippen molar-refractivity contribution < 1.29 is 19.1 Å². The fraction of sp³-hybridized carbons (Fsp3) is 0.273. The van der Waals surface area contributed by atoms with Crippen LogP contribution in [0, 0.1) is 5.92 Å². The number of imide groups is 1. The van der Waals surface area contributed by atoms with E-state index in [4.69, 9.17) is 4.74 Å². The summed E-state index contributed by atoms with van der Waals surface area (Å²) >= 11 is 1.45. The number of nitrogens with zero attached hydrogens (tertiary/aromatic N) is 2. The first kappa shape index (κ1) is 19.3. The molecular formula is C22H20N2O4S. The van der Waals surface area contributed by atoms with Crippen LogP contribution in [0.4, 0.5) is 0 Å². The van der Waals surface area contributed by atoms with Gasteiger partial charge in [-0.1, -0.05) is 38.1 Å². The highest BCUT2D eigenvalue weighted by molar-refractivity contribution is 7.18. The molecule has 0 saturated carbocycles. The summed E-state index contributed by atoms with van der Waals surface area (Å²) in [6, 6.07) is 13.3. The molecule has 2 heterocycles. The standard InChI is InChI=1S/C22H20N2O4S/c1-13(2)11-17(24-20(25)14-7-3-4-8-15(14)21(24)26)22(27)28-12-19-23-16-9-5-6-10-18(16)29-19/h3-10,13,17H,11-12H2,1-2H3. The summed E-state index contributed by atoms with van der Waals surface area (Å²) in [5, 5.41) is 0.671. The van der Waals surface area contributed by atoms with Crippen LogP contribution >= 0.6 is 11.3 Å². The quantitative estimate of drug-likeness (QED) is 0.454. The zero-order valence-corrected chi connectivity index (χ0v) is 16.9. The van der Waals surface area contributed by atoms with E-state index in [9.17, 15) is 14.4 Å². The summed E-state index contributed by atoms with van der Waals surface area (Å²) in [5.41, 5.74) is 1.50. The topological polar surface area (TPSA) is 76.6 Å². The maximum absolute atomic E-state index is 12.9. The van der Waals surface area contributed by atoms with Gasteiger partial charge in [0.05, 0.1) is 21.3 Å². The molecule has 0 fully saturated rings. The molecule has 6 nitrogen and oxygen atoms in total. The average molecular weight is 408 g/mol. The number of hydrogen-bond donors (Lipinski definition) is 0. The van der Waals surface area contributed by atoms with Crippen LogP contribution in [0.2, 0.25) is 0 Å². The molecule has 148 valence electrons. The van der Waals surface area contributed by atoms with Crippen molar-refractivity contribution in [2.45, 2.75) is 32.9 Å². The lowest BCUT2D eigenvalue weighted by Crippen LogP contribution is -2.46. The first-order valence-corrected chi connectivity index (χ1v) is 10.3. The molecule has 3 aromatic rings. The predicted octanol–water partition coefficient (Wildman–Crippen LogP) is 4.05. The monoisotopic (exact) mass is 408 g/mol. The third kappa shape index (κ3) is 3.65. The lowest BCUT2D eigenvalue weighted by molar-refractivity contribution is -0.150. The molecule has 1 atom stereocenters. The van der Waals surface area contributed by atoms with Crippen molar-refractivity contribution in [2.24, 2.45) is 5.92 Å². The van der Waals surface area contributed by atoms with Crippen LogP contribution in [-0.4, -0.2) is 33.7 Å². The second-order valence-corrected chi connectivity index (χ2v) is 8.47. The molecule has 0 saturated heterocycles. The Morgan fingerprint density at radius 3 is 2.28 bits per heavy atom. The van der Waals surface area contributed by atoms with Gasteiger partial charge in [-0.25, -0.2) is 9.78 Å². The molecule has 0 N–H and O–H groups in total. The molecule has 4 rings (SSSR count). The highest BCUT2D eigenvalue weighted by Crippen LogP contribution is 2.28. The van der Waals surface area contributed by atoms with E-state index in [1.165, 1.54) is 11.3 Å². The third-order valence-electron chi connectivity index (χ3n) is 4.78. The van der Waals surface area contributed by atoms with E-state index in [1.807, 2.05) is 38.1 Å². The van der Waals surface area contributed by atoms with E-state index in [-0.39, 0.29) is 12.5 Å². The van der Waals surface area contributed by atoms with E-state index < -0.39 is 23.8 Å². The van der Waals surface area contributed by atoms with E-state index in [1.54, 1.807) is 24.3 Å². The average Bonchev–Trinajstić information content (AvgIpc) is 3.23. The molecule has 2 amide bonds. The van der Waals surface area contributed by atoms with E-state index in [0.29, 0.717) is 22.6 Å². The van der Waals surface area contributed by atoms with Gasteiger partial charge in [-0.15, -0.1) is 11.3 Å². The van der Waals surface area contributed by atoms with E-state index in [2.05, 4.69) is 4.98 Å². The number of fused-ring (bicyclic) bond motifs is 2. The largest absolute Gasteiger partial charge is 0.457 e. The molecule has 0 radical (unpaired) electrons. The van der Waals surface area contributed by atoms with Gasteiger partial charge in [0.1, 0.15) is 17.7 Å². The minimum atomic E-state index is -0.961. The number of aromatic nitrogens is 1. The lowest BCUT2D eigenvalue weighted by Gasteiger charge is -2.25. The molecule has 7 heteroatoms. The van der Waals surface area contributed by atoms with Crippen molar-refractivity contribution in [2.75, 3.05) is 0 Å². The van der Waals surface area contributed by atoms with Crippen molar-refractivity contribution in [3.05, 3.63) is 64.7 Å². The molecule has 1 unspecified atom stereocenters. The first-order chi connectivity index (χ1) is 14.0. The number of esters is 1. The zero-order valence-electron chi connectivity index (χ0n) is 16.1. The number of amides is 2. The Morgan fingerprint density at radius 1 is 1.03 bits per heavy atom. The zero-order chi connectivity index (χ0) is 20.5. The maximum Gasteiger partial charge on any atom is 0.329 e. The number of rotatable bonds is 6. The summed E-state index contributed by atoms with van der Waals surface area (Å²) < 4.78 is 6.50. The fourth-order valence-electron chi connectivity index (χ4n) is 3.46. The molecule has 29 heavy (non-hydrogen) atoms. The number of thiazole rings is 1. The van der Waals surface area contributed by atoms with Crippen LogP contribution in [-0.2, 0) is 16.1 Å². The molecule has 0 spiro atoms. The van der Waals surface area contributed by atoms with Gasteiger partial charge in [0.15, 0.2) is 0 Å². The molecule has 1 aliphatic rings. The van der Waals surface area contributed by atoms with Gasteiger partial charge in [0, 0.05) is 0 Å². The van der Waals surface area contributed by atoms with Gasteiger partial charge in [-0.2, -0.15) is 0 Å². The van der Waals surface area contributed by atoms with Crippen molar-refractivity contribution in [1.29, 1.82) is 0 Å². The third-order valence-corrected chi connectivity index (χ3v) is 5.79. The summed E-state index contributed by atoms with van der Waals surface area (Å²) in [5.74, 6) is -1.40. The Hall–Kier alpha value is -3.06. The number of hydrogen-bond acceptors (Lipinski definition) is 6. The van der Waals surface area contributed by atoms with Crippen molar-refractivity contribution >= 4 is 39.3 Å². The Labute approximate surface area is 172 Å². The smallest absolute Gasteiger partial charge is 0.329 e. The molecular weight excluding hydrogens is 388 g/mol. The van der Waals surface area contributed by atoms with Crippen molar-refractivity contribution in [3.8, 4) is 0 Å². The van der Waals surface area contributed by atoms with Crippen molar-refractivity contribution in [1.82, 2.24) is 9.88 Å². The summed E-state index contributed by atoms with van der Waals surface area (Å²) in [4.78, 5) is 44.0. The summed E-state index contributed by atoms with van der Waals surface area (Å²) in [7, 11) is 0. The first-order valence-electron chi connectivity index (χ1n) is 9.43. The van der Waals surface area contributed by atoms with Crippen LogP contribution in [0.5, 0.6) is 0 Å². The second kappa shape index (κ2) is 7.75.